The van der Waals surface area contributed by atoms with Crippen molar-refractivity contribution in [1.29, 1.82) is 0 Å². The zero-order valence-corrected chi connectivity index (χ0v) is 16.8. The van der Waals surface area contributed by atoms with E-state index in [1.165, 1.54) is 25.9 Å². The molecule has 1 saturated heterocycles. The van der Waals surface area contributed by atoms with Crippen LogP contribution in [0.5, 0.6) is 0 Å². The van der Waals surface area contributed by atoms with Crippen LogP contribution >= 0.6 is 24.0 Å². The third-order valence-corrected chi connectivity index (χ3v) is 4.16. The van der Waals surface area contributed by atoms with Crippen molar-refractivity contribution in [2.45, 2.75) is 45.7 Å². The highest BCUT2D eigenvalue weighted by molar-refractivity contribution is 14.0. The molecule has 2 heterocycles. The molecule has 0 spiro atoms. The van der Waals surface area contributed by atoms with Gasteiger partial charge in [0.2, 0.25) is 0 Å². The quantitative estimate of drug-likeness (QED) is 0.385. The molecule has 0 bridgehead atoms. The fourth-order valence-corrected chi connectivity index (χ4v) is 2.81. The fourth-order valence-electron chi connectivity index (χ4n) is 2.81. The van der Waals surface area contributed by atoms with E-state index in [2.05, 4.69) is 44.5 Å². The SMILES string of the molecule is CCNC(=NCc1ncnn1C)NCC(CC)N1CCCC1.I. The number of aliphatic imine (C=N–C) groups is 1. The van der Waals surface area contributed by atoms with Gasteiger partial charge in [-0.05, 0) is 39.3 Å². The highest BCUT2D eigenvalue weighted by Crippen LogP contribution is 2.13. The Morgan fingerprint density at radius 2 is 2.04 bits per heavy atom. The lowest BCUT2D eigenvalue weighted by Gasteiger charge is -2.27. The van der Waals surface area contributed by atoms with Crippen molar-refractivity contribution >= 4 is 29.9 Å². The van der Waals surface area contributed by atoms with E-state index in [0.29, 0.717) is 12.6 Å². The maximum absolute atomic E-state index is 4.60. The Hall–Kier alpha value is -0.900. The van der Waals surface area contributed by atoms with Crippen LogP contribution < -0.4 is 10.6 Å². The lowest BCUT2D eigenvalue weighted by atomic mass is 10.2. The average molecular weight is 435 g/mol. The van der Waals surface area contributed by atoms with Gasteiger partial charge in [-0.25, -0.2) is 9.98 Å². The first-order valence-electron chi connectivity index (χ1n) is 8.33. The van der Waals surface area contributed by atoms with Gasteiger partial charge in [0.25, 0.3) is 0 Å². The molecule has 1 aromatic heterocycles. The van der Waals surface area contributed by atoms with Crippen LogP contribution in [-0.2, 0) is 13.6 Å². The third kappa shape index (κ3) is 6.25. The molecule has 2 rings (SSSR count). The molecular weight excluding hydrogens is 405 g/mol. The van der Waals surface area contributed by atoms with Crippen LogP contribution in [-0.4, -0.2) is 57.8 Å². The third-order valence-electron chi connectivity index (χ3n) is 4.16. The lowest BCUT2D eigenvalue weighted by molar-refractivity contribution is 0.236. The number of halogens is 1. The molecule has 7 nitrogen and oxygen atoms in total. The second-order valence-electron chi connectivity index (χ2n) is 5.68. The van der Waals surface area contributed by atoms with Crippen LogP contribution in [0.3, 0.4) is 0 Å². The number of hydrogen-bond acceptors (Lipinski definition) is 4. The molecule has 8 heteroatoms. The maximum atomic E-state index is 4.60. The first-order chi connectivity index (χ1) is 10.7. The number of aryl methyl sites for hydroxylation is 1. The van der Waals surface area contributed by atoms with E-state index in [9.17, 15) is 0 Å². The molecule has 1 atom stereocenters. The first kappa shape index (κ1) is 20.1. The average Bonchev–Trinajstić information content (AvgIpc) is 3.17. The predicted octanol–water partition coefficient (Wildman–Crippen LogP) is 1.36. The Balaban J connectivity index is 0.00000264. The largest absolute Gasteiger partial charge is 0.357 e. The Kier molecular flexibility index (Phi) is 9.46. The van der Waals surface area contributed by atoms with Gasteiger partial charge in [0.05, 0.1) is 0 Å². The van der Waals surface area contributed by atoms with Gasteiger partial charge in [0, 0.05) is 26.2 Å². The summed E-state index contributed by atoms with van der Waals surface area (Å²) in [6.07, 6.45) is 5.38. The molecular formula is C15H30IN7. The van der Waals surface area contributed by atoms with Gasteiger partial charge in [-0.15, -0.1) is 24.0 Å². The molecule has 23 heavy (non-hydrogen) atoms. The molecule has 1 aromatic rings. The van der Waals surface area contributed by atoms with Gasteiger partial charge < -0.3 is 10.6 Å². The van der Waals surface area contributed by atoms with Gasteiger partial charge in [-0.1, -0.05) is 6.92 Å². The molecule has 1 aliphatic heterocycles. The number of guanidine groups is 1. The summed E-state index contributed by atoms with van der Waals surface area (Å²) in [6, 6.07) is 0.584. The predicted molar refractivity (Wildman–Crippen MR) is 104 cm³/mol. The van der Waals surface area contributed by atoms with Gasteiger partial charge in [0.1, 0.15) is 18.7 Å². The number of rotatable bonds is 7. The normalized spacial score (nSPS) is 16.9. The van der Waals surface area contributed by atoms with E-state index < -0.39 is 0 Å². The summed E-state index contributed by atoms with van der Waals surface area (Å²) >= 11 is 0. The molecule has 1 unspecified atom stereocenters. The van der Waals surface area contributed by atoms with Crippen molar-refractivity contribution < 1.29 is 0 Å². The van der Waals surface area contributed by atoms with E-state index in [0.717, 1.165) is 31.3 Å². The van der Waals surface area contributed by atoms with Crippen molar-refractivity contribution in [3.8, 4) is 0 Å². The molecule has 1 aliphatic rings. The topological polar surface area (TPSA) is 70.4 Å². The number of nitrogens with one attached hydrogen (secondary N) is 2. The zero-order valence-electron chi connectivity index (χ0n) is 14.5. The minimum atomic E-state index is 0. The second-order valence-corrected chi connectivity index (χ2v) is 5.68. The molecule has 132 valence electrons. The Bertz CT molecular complexity index is 468. The van der Waals surface area contributed by atoms with E-state index in [1.807, 2.05) is 7.05 Å². The van der Waals surface area contributed by atoms with Crippen LogP contribution in [0.1, 0.15) is 38.9 Å². The van der Waals surface area contributed by atoms with Crippen LogP contribution in [0.15, 0.2) is 11.3 Å². The highest BCUT2D eigenvalue weighted by Gasteiger charge is 2.20. The summed E-state index contributed by atoms with van der Waals surface area (Å²) in [4.78, 5) is 11.4. The number of hydrogen-bond donors (Lipinski definition) is 2. The standard InChI is InChI=1S/C15H29N7.HI/c1-4-13(22-8-6-7-9-22)10-17-15(16-5-2)18-11-14-19-12-20-21(14)3;/h12-13H,4-11H2,1-3H3,(H2,16,17,18);1H. The second kappa shape index (κ2) is 10.8. The van der Waals surface area contributed by atoms with Crippen LogP contribution in [0.4, 0.5) is 0 Å². The van der Waals surface area contributed by atoms with Crippen LogP contribution in [0, 0.1) is 0 Å². The van der Waals surface area contributed by atoms with Crippen molar-refractivity contribution in [2.75, 3.05) is 26.2 Å². The van der Waals surface area contributed by atoms with Gasteiger partial charge in [-0.2, -0.15) is 5.10 Å². The zero-order chi connectivity index (χ0) is 15.8. The fraction of sp³-hybridized carbons (Fsp3) is 0.800. The van der Waals surface area contributed by atoms with Gasteiger partial charge in [0.15, 0.2) is 5.96 Å². The minimum Gasteiger partial charge on any atom is -0.357 e. The smallest absolute Gasteiger partial charge is 0.191 e. The van der Waals surface area contributed by atoms with Crippen molar-refractivity contribution in [1.82, 2.24) is 30.3 Å². The Morgan fingerprint density at radius 1 is 1.30 bits per heavy atom. The monoisotopic (exact) mass is 435 g/mol. The summed E-state index contributed by atoms with van der Waals surface area (Å²) in [6.45, 7) is 9.11. The number of nitrogens with zero attached hydrogens (tertiary/aromatic N) is 5. The van der Waals surface area contributed by atoms with E-state index >= 15 is 0 Å². The van der Waals surface area contributed by atoms with E-state index in [4.69, 9.17) is 0 Å². The van der Waals surface area contributed by atoms with Crippen molar-refractivity contribution in [3.63, 3.8) is 0 Å². The van der Waals surface area contributed by atoms with Gasteiger partial charge in [-0.3, -0.25) is 9.58 Å². The summed E-state index contributed by atoms with van der Waals surface area (Å²) in [5, 5.41) is 10.8. The Labute approximate surface area is 156 Å². The van der Waals surface area contributed by atoms with E-state index in [1.54, 1.807) is 11.0 Å². The molecule has 2 N–H and O–H groups in total. The van der Waals surface area contributed by atoms with Crippen molar-refractivity contribution in [2.24, 2.45) is 12.0 Å². The van der Waals surface area contributed by atoms with Gasteiger partial charge >= 0.3 is 0 Å². The summed E-state index contributed by atoms with van der Waals surface area (Å²) < 4.78 is 1.76. The molecule has 0 aliphatic carbocycles. The van der Waals surface area contributed by atoms with Crippen molar-refractivity contribution in [3.05, 3.63) is 12.2 Å². The first-order valence-corrected chi connectivity index (χ1v) is 8.33. The van der Waals surface area contributed by atoms with Crippen LogP contribution in [0.2, 0.25) is 0 Å². The number of likely N-dealkylation sites (tertiary alicyclic amines) is 1. The summed E-state index contributed by atoms with van der Waals surface area (Å²) in [7, 11) is 1.89. The summed E-state index contributed by atoms with van der Waals surface area (Å²) in [5.74, 6) is 1.71. The lowest BCUT2D eigenvalue weighted by Crippen LogP contribution is -2.46. The molecule has 0 saturated carbocycles. The van der Waals surface area contributed by atoms with Crippen LogP contribution in [0.25, 0.3) is 0 Å². The van der Waals surface area contributed by atoms with E-state index in [-0.39, 0.29) is 24.0 Å². The highest BCUT2D eigenvalue weighted by atomic mass is 127. The molecule has 0 radical (unpaired) electrons. The molecule has 0 aromatic carbocycles. The molecule has 1 fully saturated rings. The minimum absolute atomic E-state index is 0. The number of aromatic nitrogens is 3. The summed E-state index contributed by atoms with van der Waals surface area (Å²) in [5.41, 5.74) is 0. The molecule has 0 amide bonds. The Morgan fingerprint density at radius 3 is 2.61 bits per heavy atom. The maximum Gasteiger partial charge on any atom is 0.191 e.